The monoisotopic (exact) mass is 528 g/mol. The lowest BCUT2D eigenvalue weighted by Crippen LogP contribution is -2.53. The molecule has 0 saturated carbocycles. The molecule has 2 atom stereocenters. The van der Waals surface area contributed by atoms with Crippen LogP contribution < -0.4 is 5.32 Å². The quantitative estimate of drug-likeness (QED) is 0.470. The highest BCUT2D eigenvalue weighted by molar-refractivity contribution is 6.35. The summed E-state index contributed by atoms with van der Waals surface area (Å²) in [5.41, 5.74) is 1.36. The van der Waals surface area contributed by atoms with Gasteiger partial charge in [0, 0.05) is 34.6 Å². The Morgan fingerprint density at radius 1 is 1.14 bits per heavy atom. The molecule has 2 aromatic carbocycles. The number of piperidine rings is 1. The van der Waals surface area contributed by atoms with Crippen LogP contribution in [0.5, 0.6) is 0 Å². The molecule has 2 aliphatic rings. The zero-order chi connectivity index (χ0) is 25.7. The van der Waals surface area contributed by atoms with Crippen LogP contribution in [0.4, 0.5) is 0 Å². The van der Waals surface area contributed by atoms with Gasteiger partial charge in [-0.15, -0.1) is 0 Å². The molecule has 2 aromatic rings. The minimum Gasteiger partial charge on any atom is -0.468 e. The molecule has 1 aliphatic heterocycles. The summed E-state index contributed by atoms with van der Waals surface area (Å²) in [6.45, 7) is 0.555. The van der Waals surface area contributed by atoms with E-state index >= 15 is 0 Å². The Labute approximate surface area is 221 Å². The van der Waals surface area contributed by atoms with Gasteiger partial charge in [-0.25, -0.2) is 0 Å². The molecule has 1 heterocycles. The Kier molecular flexibility index (Phi) is 8.37. The van der Waals surface area contributed by atoms with Crippen molar-refractivity contribution in [3.8, 4) is 0 Å². The van der Waals surface area contributed by atoms with Crippen LogP contribution in [0, 0.1) is 11.3 Å². The van der Waals surface area contributed by atoms with Crippen LogP contribution in [0.2, 0.25) is 10.0 Å². The molecule has 0 unspecified atom stereocenters. The van der Waals surface area contributed by atoms with E-state index in [4.69, 9.17) is 27.9 Å². The highest BCUT2D eigenvalue weighted by atomic mass is 35.5. The Bertz CT molecular complexity index is 1170. The number of carbonyl (C=O) groups excluding carboxylic acids is 3. The number of hydrogen-bond acceptors (Lipinski definition) is 4. The SMILES string of the molecule is COC(=O)[C@]12CCCCC=C1N(Cc1ccc(Cl)cc1Cl)C(=O)[C@H](CC(=O)NCc1ccccc1)C2. The van der Waals surface area contributed by atoms with Gasteiger partial charge in [0.1, 0.15) is 5.41 Å². The molecular formula is C28H30Cl2N2O4. The van der Waals surface area contributed by atoms with Gasteiger partial charge in [-0.1, -0.05) is 72.1 Å². The van der Waals surface area contributed by atoms with Gasteiger partial charge < -0.3 is 15.0 Å². The molecule has 6 nitrogen and oxygen atoms in total. The number of ether oxygens (including phenoxy) is 1. The summed E-state index contributed by atoms with van der Waals surface area (Å²) < 4.78 is 5.28. The van der Waals surface area contributed by atoms with E-state index < -0.39 is 11.3 Å². The molecule has 190 valence electrons. The van der Waals surface area contributed by atoms with E-state index in [1.54, 1.807) is 23.1 Å². The van der Waals surface area contributed by atoms with E-state index in [1.807, 2.05) is 36.4 Å². The summed E-state index contributed by atoms with van der Waals surface area (Å²) in [6.07, 6.45) is 5.27. The molecule has 0 bridgehead atoms. The van der Waals surface area contributed by atoms with Crippen LogP contribution in [0.15, 0.2) is 60.3 Å². The Balaban J connectivity index is 1.64. The number of halogens is 2. The average molecular weight is 529 g/mol. The van der Waals surface area contributed by atoms with Crippen molar-refractivity contribution in [3.05, 3.63) is 81.5 Å². The van der Waals surface area contributed by atoms with Gasteiger partial charge in [0.15, 0.2) is 0 Å². The Morgan fingerprint density at radius 3 is 2.64 bits per heavy atom. The lowest BCUT2D eigenvalue weighted by molar-refractivity contribution is -0.160. The van der Waals surface area contributed by atoms with Crippen molar-refractivity contribution in [2.24, 2.45) is 11.3 Å². The molecule has 1 N–H and O–H groups in total. The second-order valence-electron chi connectivity index (χ2n) is 9.44. The van der Waals surface area contributed by atoms with Crippen LogP contribution in [0.3, 0.4) is 0 Å². The lowest BCUT2D eigenvalue weighted by Gasteiger charge is -2.46. The third-order valence-electron chi connectivity index (χ3n) is 7.07. The number of carbonyl (C=O) groups is 3. The predicted octanol–water partition coefficient (Wildman–Crippen LogP) is 5.67. The highest BCUT2D eigenvalue weighted by Gasteiger charge is 2.53. The van der Waals surface area contributed by atoms with Crippen LogP contribution in [-0.4, -0.2) is 29.8 Å². The molecule has 1 saturated heterocycles. The smallest absolute Gasteiger partial charge is 0.317 e. The fourth-order valence-corrected chi connectivity index (χ4v) is 5.74. The van der Waals surface area contributed by atoms with Gasteiger partial charge in [-0.2, -0.15) is 0 Å². The molecule has 1 fully saturated rings. The zero-order valence-electron chi connectivity index (χ0n) is 20.3. The fraction of sp³-hybridized carbons (Fsp3) is 0.393. The maximum Gasteiger partial charge on any atom is 0.317 e. The lowest BCUT2D eigenvalue weighted by atomic mass is 9.69. The Hall–Kier alpha value is -2.83. The summed E-state index contributed by atoms with van der Waals surface area (Å²) in [5, 5.41) is 3.85. The largest absolute Gasteiger partial charge is 0.468 e. The predicted molar refractivity (Wildman–Crippen MR) is 139 cm³/mol. The molecule has 4 rings (SSSR count). The number of likely N-dealkylation sites (tertiary alicyclic amines) is 1. The first-order valence-corrected chi connectivity index (χ1v) is 12.9. The fourth-order valence-electron chi connectivity index (χ4n) is 5.28. The van der Waals surface area contributed by atoms with Crippen molar-refractivity contribution in [2.45, 2.75) is 51.6 Å². The average Bonchev–Trinajstić information content (AvgIpc) is 3.10. The van der Waals surface area contributed by atoms with Crippen molar-refractivity contribution in [1.29, 1.82) is 0 Å². The number of amides is 2. The molecular weight excluding hydrogens is 499 g/mol. The van der Waals surface area contributed by atoms with E-state index in [-0.39, 0.29) is 37.2 Å². The van der Waals surface area contributed by atoms with Gasteiger partial charge in [0.25, 0.3) is 0 Å². The highest BCUT2D eigenvalue weighted by Crippen LogP contribution is 2.50. The minimum absolute atomic E-state index is 0.0114. The van der Waals surface area contributed by atoms with Crippen molar-refractivity contribution < 1.29 is 19.1 Å². The summed E-state index contributed by atoms with van der Waals surface area (Å²) in [5.74, 6) is -1.46. The van der Waals surface area contributed by atoms with Gasteiger partial charge in [0.2, 0.25) is 11.8 Å². The first-order chi connectivity index (χ1) is 17.3. The first-order valence-electron chi connectivity index (χ1n) is 12.2. The summed E-state index contributed by atoms with van der Waals surface area (Å²) >= 11 is 12.5. The third kappa shape index (κ3) is 5.60. The van der Waals surface area contributed by atoms with Crippen LogP contribution in [-0.2, 0) is 32.2 Å². The molecule has 0 spiro atoms. The molecule has 36 heavy (non-hydrogen) atoms. The number of nitrogens with one attached hydrogen (secondary N) is 1. The minimum atomic E-state index is -0.984. The van der Waals surface area contributed by atoms with Gasteiger partial charge in [-0.05, 0) is 48.9 Å². The molecule has 2 amide bonds. The number of hydrogen-bond donors (Lipinski definition) is 1. The van der Waals surface area contributed by atoms with Crippen molar-refractivity contribution >= 4 is 41.0 Å². The van der Waals surface area contributed by atoms with E-state index in [1.165, 1.54) is 7.11 Å². The number of esters is 1. The van der Waals surface area contributed by atoms with Gasteiger partial charge >= 0.3 is 5.97 Å². The zero-order valence-corrected chi connectivity index (χ0v) is 21.8. The van der Waals surface area contributed by atoms with Crippen LogP contribution in [0.1, 0.15) is 49.7 Å². The maximum absolute atomic E-state index is 13.8. The summed E-state index contributed by atoms with van der Waals surface area (Å²) in [6, 6.07) is 14.7. The van der Waals surface area contributed by atoms with Gasteiger partial charge in [0.05, 0.1) is 13.7 Å². The number of methoxy groups -OCH3 is 1. The molecule has 1 aliphatic carbocycles. The Morgan fingerprint density at radius 2 is 1.92 bits per heavy atom. The molecule has 0 radical (unpaired) electrons. The third-order valence-corrected chi connectivity index (χ3v) is 7.66. The van der Waals surface area contributed by atoms with E-state index in [2.05, 4.69) is 5.32 Å². The second kappa shape index (κ2) is 11.5. The summed E-state index contributed by atoms with van der Waals surface area (Å²) in [7, 11) is 1.37. The number of benzene rings is 2. The van der Waals surface area contributed by atoms with E-state index in [0.717, 1.165) is 24.8 Å². The first kappa shape index (κ1) is 26.2. The molecule has 8 heteroatoms. The van der Waals surface area contributed by atoms with Crippen molar-refractivity contribution in [2.75, 3.05) is 7.11 Å². The van der Waals surface area contributed by atoms with E-state index in [9.17, 15) is 14.4 Å². The van der Waals surface area contributed by atoms with Crippen LogP contribution in [0.25, 0.3) is 0 Å². The van der Waals surface area contributed by atoms with E-state index in [0.29, 0.717) is 34.3 Å². The maximum atomic E-state index is 13.8. The van der Waals surface area contributed by atoms with Crippen LogP contribution >= 0.6 is 23.2 Å². The topological polar surface area (TPSA) is 75.7 Å². The number of rotatable bonds is 7. The number of fused-ring (bicyclic) bond motifs is 1. The van der Waals surface area contributed by atoms with Gasteiger partial charge in [-0.3, -0.25) is 14.4 Å². The molecule has 0 aromatic heterocycles. The van der Waals surface area contributed by atoms with Crippen molar-refractivity contribution in [1.82, 2.24) is 10.2 Å². The second-order valence-corrected chi connectivity index (χ2v) is 10.3. The standard InChI is InChI=1S/C28H30Cl2N2O4/c1-36-27(35)28-13-7-3-6-10-24(28)32(18-20-11-12-22(29)15-23(20)30)26(34)21(16-28)14-25(33)31-17-19-8-4-2-5-9-19/h2,4-5,8-12,15,21H,3,6-7,13-14,16-18H2,1H3,(H,31,33)/t21-,28+/m1/s1. The number of allylic oxidation sites excluding steroid dienone is 1. The summed E-state index contributed by atoms with van der Waals surface area (Å²) in [4.78, 5) is 41.7. The normalized spacial score (nSPS) is 21.8. The number of nitrogens with zero attached hydrogens (tertiary/aromatic N) is 1. The van der Waals surface area contributed by atoms with Crippen molar-refractivity contribution in [3.63, 3.8) is 0 Å².